The Bertz CT molecular complexity index is 434. The summed E-state index contributed by atoms with van der Waals surface area (Å²) >= 11 is 3.61. The van der Waals surface area contributed by atoms with Gasteiger partial charge in [0.2, 0.25) is 0 Å². The van der Waals surface area contributed by atoms with Crippen LogP contribution in [0.15, 0.2) is 35.0 Å². The van der Waals surface area contributed by atoms with Crippen molar-refractivity contribution in [3.05, 3.63) is 44.8 Å². The summed E-state index contributed by atoms with van der Waals surface area (Å²) in [6.07, 6.45) is 0. The summed E-state index contributed by atoms with van der Waals surface area (Å²) < 4.78 is 0. The molecule has 2 N–H and O–H groups in total. The molecule has 2 nitrogen and oxygen atoms in total. The minimum atomic E-state index is 0.326. The minimum Gasteiger partial charge on any atom is -0.329 e. The number of hydrogen-bond acceptors (Lipinski definition) is 4. The molecule has 0 saturated heterocycles. The fraction of sp³-hybridized carbons (Fsp3) is 0.429. The lowest BCUT2D eigenvalue weighted by molar-refractivity contribution is 0.152. The van der Waals surface area contributed by atoms with E-state index in [0.717, 1.165) is 6.54 Å². The molecule has 0 radical (unpaired) electrons. The van der Waals surface area contributed by atoms with Crippen LogP contribution in [-0.4, -0.2) is 17.5 Å². The van der Waals surface area contributed by atoms with E-state index in [4.69, 9.17) is 5.73 Å². The van der Waals surface area contributed by atoms with Crippen LogP contribution in [0.4, 0.5) is 0 Å². The smallest absolute Gasteiger partial charge is 0.0570 e. The molecule has 1 unspecified atom stereocenters. The zero-order valence-electron chi connectivity index (χ0n) is 10.9. The first-order valence-electron chi connectivity index (χ1n) is 6.24. The first-order chi connectivity index (χ1) is 8.72. The van der Waals surface area contributed by atoms with Crippen molar-refractivity contribution in [2.75, 3.05) is 6.54 Å². The lowest BCUT2D eigenvalue weighted by Gasteiger charge is -2.33. The van der Waals surface area contributed by atoms with Crippen LogP contribution in [0.2, 0.25) is 0 Å². The second kappa shape index (κ2) is 6.48. The van der Waals surface area contributed by atoms with E-state index in [1.807, 2.05) is 11.3 Å². The molecule has 0 aliphatic heterocycles. The quantitative estimate of drug-likeness (QED) is 0.874. The maximum atomic E-state index is 6.00. The van der Waals surface area contributed by atoms with Crippen LogP contribution in [0.3, 0.4) is 0 Å². The lowest BCUT2D eigenvalue weighted by atomic mass is 10.1. The predicted molar refractivity (Wildman–Crippen MR) is 81.1 cm³/mol. The van der Waals surface area contributed by atoms with Crippen LogP contribution in [0.1, 0.15) is 29.6 Å². The molecular weight excluding hydrogens is 260 g/mol. The Balaban J connectivity index is 2.18. The highest BCUT2D eigenvalue weighted by Crippen LogP contribution is 2.28. The second-order valence-corrected chi connectivity index (χ2v) is 6.62. The summed E-state index contributed by atoms with van der Waals surface area (Å²) in [4.78, 5) is 5.25. The SMILES string of the molecule is CC(C)N(Cc1cccs1)C(CN)c1cccs1. The average Bonchev–Trinajstić information content (AvgIpc) is 3.00. The largest absolute Gasteiger partial charge is 0.329 e. The maximum Gasteiger partial charge on any atom is 0.0570 e. The number of thiophene rings is 2. The number of nitrogens with two attached hydrogens (primary N) is 1. The molecule has 98 valence electrons. The Hall–Kier alpha value is -0.680. The highest BCUT2D eigenvalue weighted by atomic mass is 32.1. The van der Waals surface area contributed by atoms with Crippen LogP contribution in [0, 0.1) is 0 Å². The van der Waals surface area contributed by atoms with Crippen molar-refractivity contribution in [3.63, 3.8) is 0 Å². The van der Waals surface area contributed by atoms with Gasteiger partial charge >= 0.3 is 0 Å². The second-order valence-electron chi connectivity index (χ2n) is 4.61. The minimum absolute atomic E-state index is 0.326. The van der Waals surface area contributed by atoms with Gasteiger partial charge in [0, 0.05) is 28.9 Å². The highest BCUT2D eigenvalue weighted by molar-refractivity contribution is 7.10. The molecule has 4 heteroatoms. The van der Waals surface area contributed by atoms with E-state index in [0.29, 0.717) is 18.6 Å². The van der Waals surface area contributed by atoms with Gasteiger partial charge in [-0.1, -0.05) is 12.1 Å². The molecule has 18 heavy (non-hydrogen) atoms. The van der Waals surface area contributed by atoms with Gasteiger partial charge in [-0.2, -0.15) is 0 Å². The van der Waals surface area contributed by atoms with E-state index < -0.39 is 0 Å². The number of rotatable bonds is 6. The van der Waals surface area contributed by atoms with Crippen LogP contribution >= 0.6 is 22.7 Å². The van der Waals surface area contributed by atoms with Gasteiger partial charge in [0.25, 0.3) is 0 Å². The van der Waals surface area contributed by atoms with Crippen LogP contribution in [0.5, 0.6) is 0 Å². The van der Waals surface area contributed by atoms with Gasteiger partial charge in [0.1, 0.15) is 0 Å². The fourth-order valence-corrected chi connectivity index (χ4v) is 3.70. The van der Waals surface area contributed by atoms with Crippen molar-refractivity contribution in [2.24, 2.45) is 5.73 Å². The van der Waals surface area contributed by atoms with E-state index in [1.54, 1.807) is 11.3 Å². The standard InChI is InChI=1S/C14H20N2S2/c1-11(2)16(10-12-5-3-7-17-12)13(9-15)14-6-4-8-18-14/h3-8,11,13H,9-10,15H2,1-2H3. The molecule has 1 atom stereocenters. The van der Waals surface area contributed by atoms with E-state index in [9.17, 15) is 0 Å². The highest BCUT2D eigenvalue weighted by Gasteiger charge is 2.22. The maximum absolute atomic E-state index is 6.00. The summed E-state index contributed by atoms with van der Waals surface area (Å²) in [5, 5.41) is 4.26. The molecule has 0 saturated carbocycles. The third-order valence-electron chi connectivity index (χ3n) is 3.08. The number of hydrogen-bond donors (Lipinski definition) is 1. The Morgan fingerprint density at radius 2 is 1.89 bits per heavy atom. The molecule has 0 fully saturated rings. The summed E-state index contributed by atoms with van der Waals surface area (Å²) in [6.45, 7) is 6.13. The Labute approximate surface area is 117 Å². The Morgan fingerprint density at radius 1 is 1.17 bits per heavy atom. The van der Waals surface area contributed by atoms with E-state index in [2.05, 4.69) is 53.8 Å². The zero-order valence-corrected chi connectivity index (χ0v) is 12.5. The summed E-state index contributed by atoms with van der Waals surface area (Å²) in [6, 6.07) is 9.41. The van der Waals surface area contributed by atoms with Gasteiger partial charge < -0.3 is 5.73 Å². The van der Waals surface area contributed by atoms with Crippen LogP contribution in [0.25, 0.3) is 0 Å². The van der Waals surface area contributed by atoms with E-state index in [1.165, 1.54) is 9.75 Å². The molecule has 0 amide bonds. The monoisotopic (exact) mass is 280 g/mol. The van der Waals surface area contributed by atoms with Gasteiger partial charge in [0.15, 0.2) is 0 Å². The lowest BCUT2D eigenvalue weighted by Crippen LogP contribution is -2.37. The van der Waals surface area contributed by atoms with E-state index >= 15 is 0 Å². The van der Waals surface area contributed by atoms with Gasteiger partial charge in [-0.25, -0.2) is 0 Å². The van der Waals surface area contributed by atoms with Crippen LogP contribution in [-0.2, 0) is 6.54 Å². The predicted octanol–water partition coefficient (Wildman–Crippen LogP) is 3.72. The first-order valence-corrected chi connectivity index (χ1v) is 8.00. The third kappa shape index (κ3) is 3.20. The Kier molecular flexibility index (Phi) is 4.95. The zero-order chi connectivity index (χ0) is 13.0. The average molecular weight is 280 g/mol. The van der Waals surface area contributed by atoms with Crippen molar-refractivity contribution in [2.45, 2.75) is 32.5 Å². The summed E-state index contributed by atoms with van der Waals surface area (Å²) in [5.41, 5.74) is 6.00. The topological polar surface area (TPSA) is 29.3 Å². The molecule has 0 spiro atoms. The molecule has 2 aromatic heterocycles. The molecule has 2 rings (SSSR count). The molecule has 2 aromatic rings. The molecule has 0 bridgehead atoms. The fourth-order valence-electron chi connectivity index (χ4n) is 2.13. The summed E-state index contributed by atoms with van der Waals surface area (Å²) in [7, 11) is 0. The summed E-state index contributed by atoms with van der Waals surface area (Å²) in [5.74, 6) is 0. The Morgan fingerprint density at radius 3 is 2.39 bits per heavy atom. The van der Waals surface area contributed by atoms with Crippen molar-refractivity contribution in [1.29, 1.82) is 0 Å². The van der Waals surface area contributed by atoms with Gasteiger partial charge in [0.05, 0.1) is 6.04 Å². The van der Waals surface area contributed by atoms with E-state index in [-0.39, 0.29) is 0 Å². The van der Waals surface area contributed by atoms with Gasteiger partial charge in [-0.05, 0) is 36.7 Å². The first kappa shape index (κ1) is 13.7. The van der Waals surface area contributed by atoms with Crippen molar-refractivity contribution >= 4 is 22.7 Å². The van der Waals surface area contributed by atoms with Gasteiger partial charge in [-0.15, -0.1) is 22.7 Å². The van der Waals surface area contributed by atoms with Crippen molar-refractivity contribution in [3.8, 4) is 0 Å². The normalized spacial score (nSPS) is 13.4. The molecule has 2 heterocycles. The third-order valence-corrected chi connectivity index (χ3v) is 4.91. The molecule has 0 aliphatic carbocycles. The number of nitrogens with zero attached hydrogens (tertiary/aromatic N) is 1. The molecule has 0 aliphatic rings. The van der Waals surface area contributed by atoms with Crippen LogP contribution < -0.4 is 5.73 Å². The molecular formula is C14H20N2S2. The van der Waals surface area contributed by atoms with Crippen molar-refractivity contribution in [1.82, 2.24) is 4.90 Å². The molecule has 0 aromatic carbocycles. The van der Waals surface area contributed by atoms with Crippen molar-refractivity contribution < 1.29 is 0 Å². The van der Waals surface area contributed by atoms with Gasteiger partial charge in [-0.3, -0.25) is 4.90 Å².